The summed E-state index contributed by atoms with van der Waals surface area (Å²) in [7, 11) is 0. The minimum Gasteiger partial charge on any atom is -0.349 e. The van der Waals surface area contributed by atoms with Gasteiger partial charge in [0.1, 0.15) is 0 Å². The van der Waals surface area contributed by atoms with Gasteiger partial charge in [0.05, 0.1) is 5.56 Å². The monoisotopic (exact) mass is 275 g/mol. The summed E-state index contributed by atoms with van der Waals surface area (Å²) >= 11 is 3.02. The Kier molecular flexibility index (Phi) is 2.73. The molecule has 2 nitrogen and oxygen atoms in total. The van der Waals surface area contributed by atoms with E-state index in [4.69, 9.17) is 0 Å². The average Bonchev–Trinajstić information content (AvgIpc) is 2.95. The van der Waals surface area contributed by atoms with Crippen molar-refractivity contribution in [1.29, 1.82) is 0 Å². The van der Waals surface area contributed by atoms with E-state index in [2.05, 4.69) is 21.2 Å². The fourth-order valence-corrected chi connectivity index (χ4v) is 1.68. The van der Waals surface area contributed by atoms with Crippen LogP contribution >= 0.6 is 15.9 Å². The highest BCUT2D eigenvalue weighted by Crippen LogP contribution is 2.23. The molecule has 1 N–H and O–H groups in total. The van der Waals surface area contributed by atoms with E-state index in [9.17, 15) is 13.6 Å². The summed E-state index contributed by atoms with van der Waals surface area (Å²) < 4.78 is 25.9. The summed E-state index contributed by atoms with van der Waals surface area (Å²) in [5.41, 5.74) is 0.126. The van der Waals surface area contributed by atoms with E-state index in [0.717, 1.165) is 25.0 Å². The summed E-state index contributed by atoms with van der Waals surface area (Å²) in [6.07, 6.45) is 1.90. The van der Waals surface area contributed by atoms with Crippen LogP contribution in [0, 0.1) is 11.6 Å². The average molecular weight is 276 g/mol. The van der Waals surface area contributed by atoms with Gasteiger partial charge in [0.2, 0.25) is 0 Å². The Morgan fingerprint density at radius 3 is 2.53 bits per heavy atom. The number of hydrogen-bond donors (Lipinski definition) is 1. The van der Waals surface area contributed by atoms with E-state index in [1.54, 1.807) is 0 Å². The Labute approximate surface area is 93.8 Å². The summed E-state index contributed by atoms with van der Waals surface area (Å²) in [4.78, 5) is 11.5. The third kappa shape index (κ3) is 2.34. The van der Waals surface area contributed by atoms with Crippen LogP contribution in [-0.4, -0.2) is 11.9 Å². The van der Waals surface area contributed by atoms with Crippen LogP contribution in [0.25, 0.3) is 0 Å². The second-order valence-corrected chi connectivity index (χ2v) is 4.35. The minimum absolute atomic E-state index is 0.126. The fourth-order valence-electron chi connectivity index (χ4n) is 1.19. The predicted octanol–water partition coefficient (Wildman–Crippen LogP) is 2.62. The molecule has 1 amide bonds. The second-order valence-electron chi connectivity index (χ2n) is 3.49. The van der Waals surface area contributed by atoms with Crippen molar-refractivity contribution in [2.24, 2.45) is 0 Å². The van der Waals surface area contributed by atoms with Crippen LogP contribution in [0.3, 0.4) is 0 Å². The summed E-state index contributed by atoms with van der Waals surface area (Å²) in [6, 6.07) is 2.05. The zero-order valence-electron chi connectivity index (χ0n) is 7.69. The molecule has 1 fully saturated rings. The molecule has 0 saturated heterocycles. The van der Waals surface area contributed by atoms with Crippen molar-refractivity contribution in [2.75, 3.05) is 0 Å². The Hall–Kier alpha value is -0.970. The molecule has 80 valence electrons. The molecule has 0 aliphatic heterocycles. The van der Waals surface area contributed by atoms with Gasteiger partial charge in [-0.3, -0.25) is 4.79 Å². The first-order chi connectivity index (χ1) is 7.08. The van der Waals surface area contributed by atoms with E-state index in [1.807, 2.05) is 0 Å². The van der Waals surface area contributed by atoms with E-state index < -0.39 is 11.6 Å². The van der Waals surface area contributed by atoms with Gasteiger partial charge in [-0.2, -0.15) is 0 Å². The van der Waals surface area contributed by atoms with Crippen molar-refractivity contribution in [3.8, 4) is 0 Å². The van der Waals surface area contributed by atoms with Gasteiger partial charge < -0.3 is 5.32 Å². The molecule has 0 aromatic heterocycles. The van der Waals surface area contributed by atoms with Crippen LogP contribution in [0.5, 0.6) is 0 Å². The second kappa shape index (κ2) is 3.89. The SMILES string of the molecule is O=C(NC1CC1)c1cc(F)c(F)cc1Br. The van der Waals surface area contributed by atoms with E-state index in [0.29, 0.717) is 0 Å². The van der Waals surface area contributed by atoms with Crippen molar-refractivity contribution in [3.05, 3.63) is 33.8 Å². The van der Waals surface area contributed by atoms with Gasteiger partial charge in [-0.05, 0) is 40.9 Å². The fraction of sp³-hybridized carbons (Fsp3) is 0.300. The molecule has 1 aromatic rings. The highest BCUT2D eigenvalue weighted by molar-refractivity contribution is 9.10. The minimum atomic E-state index is -1.01. The first-order valence-electron chi connectivity index (χ1n) is 4.53. The van der Waals surface area contributed by atoms with Crippen LogP contribution in [0.2, 0.25) is 0 Å². The smallest absolute Gasteiger partial charge is 0.252 e. The number of hydrogen-bond acceptors (Lipinski definition) is 1. The maximum Gasteiger partial charge on any atom is 0.252 e. The predicted molar refractivity (Wildman–Crippen MR) is 54.5 cm³/mol. The number of nitrogens with one attached hydrogen (secondary N) is 1. The molecule has 1 aliphatic carbocycles. The summed E-state index contributed by atoms with van der Waals surface area (Å²) in [6.45, 7) is 0. The quantitative estimate of drug-likeness (QED) is 0.826. The Morgan fingerprint density at radius 1 is 1.33 bits per heavy atom. The van der Waals surface area contributed by atoms with Crippen molar-refractivity contribution in [3.63, 3.8) is 0 Å². The van der Waals surface area contributed by atoms with Crippen LogP contribution in [-0.2, 0) is 0 Å². The van der Waals surface area contributed by atoms with Gasteiger partial charge in [-0.1, -0.05) is 0 Å². The van der Waals surface area contributed by atoms with E-state index >= 15 is 0 Å². The molecule has 1 aliphatic rings. The first kappa shape index (κ1) is 10.5. The zero-order valence-corrected chi connectivity index (χ0v) is 9.27. The Morgan fingerprint density at radius 2 is 1.93 bits per heavy atom. The van der Waals surface area contributed by atoms with Crippen molar-refractivity contribution in [1.82, 2.24) is 5.32 Å². The molecule has 0 atom stereocenters. The van der Waals surface area contributed by atoms with Crippen molar-refractivity contribution in [2.45, 2.75) is 18.9 Å². The molecule has 15 heavy (non-hydrogen) atoms. The van der Waals surface area contributed by atoms with Crippen LogP contribution in [0.1, 0.15) is 23.2 Å². The largest absolute Gasteiger partial charge is 0.349 e. The van der Waals surface area contributed by atoms with Gasteiger partial charge in [0.25, 0.3) is 5.91 Å². The molecule has 0 unspecified atom stereocenters. The van der Waals surface area contributed by atoms with Gasteiger partial charge in [-0.15, -0.1) is 0 Å². The number of rotatable bonds is 2. The Bertz CT molecular complexity index is 418. The van der Waals surface area contributed by atoms with Crippen LogP contribution in [0.4, 0.5) is 8.78 Å². The number of halogens is 3. The maximum atomic E-state index is 12.9. The molecule has 0 spiro atoms. The van der Waals surface area contributed by atoms with Crippen LogP contribution < -0.4 is 5.32 Å². The molecule has 2 rings (SSSR count). The molecule has 0 bridgehead atoms. The lowest BCUT2D eigenvalue weighted by atomic mass is 10.2. The van der Waals surface area contributed by atoms with E-state index in [1.165, 1.54) is 0 Å². The number of benzene rings is 1. The zero-order chi connectivity index (χ0) is 11.0. The normalized spacial score (nSPS) is 15.1. The summed E-state index contributed by atoms with van der Waals surface area (Å²) in [5.74, 6) is -2.35. The number of amides is 1. The van der Waals surface area contributed by atoms with Crippen molar-refractivity contribution < 1.29 is 13.6 Å². The third-order valence-corrected chi connectivity index (χ3v) is 2.82. The van der Waals surface area contributed by atoms with Gasteiger partial charge in [0, 0.05) is 10.5 Å². The lowest BCUT2D eigenvalue weighted by Crippen LogP contribution is -2.25. The van der Waals surface area contributed by atoms with E-state index in [-0.39, 0.29) is 22.0 Å². The molecular weight excluding hydrogens is 268 g/mol. The summed E-state index contributed by atoms with van der Waals surface area (Å²) in [5, 5.41) is 2.70. The topological polar surface area (TPSA) is 29.1 Å². The highest BCUT2D eigenvalue weighted by Gasteiger charge is 2.25. The molecule has 1 aromatic carbocycles. The first-order valence-corrected chi connectivity index (χ1v) is 5.32. The molecule has 0 radical (unpaired) electrons. The molecule has 1 saturated carbocycles. The van der Waals surface area contributed by atoms with Gasteiger partial charge >= 0.3 is 0 Å². The molecular formula is C10H8BrF2NO. The van der Waals surface area contributed by atoms with Crippen molar-refractivity contribution >= 4 is 21.8 Å². The number of carbonyl (C=O) groups excluding carboxylic acids is 1. The van der Waals surface area contributed by atoms with Crippen LogP contribution in [0.15, 0.2) is 16.6 Å². The number of carbonyl (C=O) groups is 1. The lowest BCUT2D eigenvalue weighted by Gasteiger charge is -2.05. The molecule has 0 heterocycles. The Balaban J connectivity index is 2.25. The standard InChI is InChI=1S/C10H8BrF2NO/c11-7-4-9(13)8(12)3-6(7)10(15)14-5-1-2-5/h3-5H,1-2H2,(H,14,15). The maximum absolute atomic E-state index is 12.9. The highest BCUT2D eigenvalue weighted by atomic mass is 79.9. The van der Waals surface area contributed by atoms with Gasteiger partial charge in [-0.25, -0.2) is 8.78 Å². The lowest BCUT2D eigenvalue weighted by molar-refractivity contribution is 0.0949. The molecule has 5 heteroatoms. The van der Waals surface area contributed by atoms with Gasteiger partial charge in [0.15, 0.2) is 11.6 Å². The third-order valence-electron chi connectivity index (χ3n) is 2.17.